The summed E-state index contributed by atoms with van der Waals surface area (Å²) < 4.78 is 15.9. The highest BCUT2D eigenvalue weighted by molar-refractivity contribution is 5.86. The fourth-order valence-electron chi connectivity index (χ4n) is 7.53. The molecule has 6 rings (SSSR count). The van der Waals surface area contributed by atoms with Crippen LogP contribution in [0.2, 0.25) is 0 Å². The summed E-state index contributed by atoms with van der Waals surface area (Å²) in [6.45, 7) is 12.6. The first-order valence-corrected chi connectivity index (χ1v) is 18.7. The Bertz CT molecular complexity index is 1910. The fourth-order valence-corrected chi connectivity index (χ4v) is 7.53. The van der Waals surface area contributed by atoms with E-state index in [0.717, 1.165) is 64.6 Å². The average molecular weight is 740 g/mol. The van der Waals surface area contributed by atoms with E-state index in [9.17, 15) is 14.4 Å². The van der Waals surface area contributed by atoms with E-state index in [-0.39, 0.29) is 42.0 Å². The standard InChI is InChI=1S/C41H53N7O6/c1-24(2)35(46-39(50)53-8)38(49)48-25(3)9-18-33(48)36-42-20-31(44-36)29-14-10-27(11-15-29)28-12-16-30(17-13-28)32-21-43-37(45-32)34-19-26(23-52-7)22-47(34)40(51)54-41(4,5)6/h10-17,20-21,24-26,33-35H,9,18-19,22-23H2,1-8H3,(H,42,44)(H,43,45)(H,46,50)/t25-,26-,33-,34-,35?/m0/s1. The maximum Gasteiger partial charge on any atom is 0.410 e. The summed E-state index contributed by atoms with van der Waals surface area (Å²) in [5, 5.41) is 2.72. The molecule has 0 bridgehead atoms. The molecule has 4 aromatic rings. The van der Waals surface area contributed by atoms with Crippen molar-refractivity contribution < 1.29 is 28.6 Å². The molecule has 5 atom stereocenters. The molecule has 3 N–H and O–H groups in total. The molecule has 3 amide bonds. The van der Waals surface area contributed by atoms with Gasteiger partial charge in [0.15, 0.2) is 0 Å². The number of carbonyl (C=O) groups excluding carboxylic acids is 3. The van der Waals surface area contributed by atoms with E-state index < -0.39 is 17.7 Å². The van der Waals surface area contributed by atoms with Crippen LogP contribution >= 0.6 is 0 Å². The second kappa shape index (κ2) is 16.1. The summed E-state index contributed by atoms with van der Waals surface area (Å²) in [7, 11) is 2.97. The first-order chi connectivity index (χ1) is 25.8. The summed E-state index contributed by atoms with van der Waals surface area (Å²) >= 11 is 0. The fraction of sp³-hybridized carbons (Fsp3) is 0.488. The van der Waals surface area contributed by atoms with E-state index in [4.69, 9.17) is 24.2 Å². The number of ether oxygens (including phenoxy) is 3. The normalized spacial score (nSPS) is 20.7. The van der Waals surface area contributed by atoms with Crippen molar-refractivity contribution in [3.8, 4) is 33.6 Å². The molecule has 2 saturated heterocycles. The van der Waals surface area contributed by atoms with Crippen LogP contribution in [0.15, 0.2) is 60.9 Å². The predicted molar refractivity (Wildman–Crippen MR) is 205 cm³/mol. The van der Waals surface area contributed by atoms with E-state index in [2.05, 4.69) is 63.8 Å². The number of methoxy groups -OCH3 is 2. The summed E-state index contributed by atoms with van der Waals surface area (Å²) in [4.78, 5) is 58.8. The Hall–Kier alpha value is -5.17. The lowest BCUT2D eigenvalue weighted by molar-refractivity contribution is -0.137. The summed E-state index contributed by atoms with van der Waals surface area (Å²) in [5.74, 6) is 1.40. The van der Waals surface area contributed by atoms with Gasteiger partial charge < -0.3 is 34.4 Å². The Morgan fingerprint density at radius 3 is 1.89 bits per heavy atom. The van der Waals surface area contributed by atoms with Gasteiger partial charge in [0, 0.05) is 25.6 Å². The quantitative estimate of drug-likeness (QED) is 0.151. The van der Waals surface area contributed by atoms with Crippen LogP contribution in [0.3, 0.4) is 0 Å². The topological polar surface area (TPSA) is 155 Å². The monoisotopic (exact) mass is 739 g/mol. The molecular weight excluding hydrogens is 686 g/mol. The zero-order valence-corrected chi connectivity index (χ0v) is 32.5. The van der Waals surface area contributed by atoms with Crippen molar-refractivity contribution in [2.45, 2.75) is 90.6 Å². The van der Waals surface area contributed by atoms with Crippen LogP contribution in [-0.2, 0) is 19.0 Å². The van der Waals surface area contributed by atoms with Gasteiger partial charge in [-0.05, 0) is 75.1 Å². The number of amides is 3. The van der Waals surface area contributed by atoms with E-state index in [1.54, 1.807) is 12.0 Å². The molecule has 13 heteroatoms. The van der Waals surface area contributed by atoms with Crippen molar-refractivity contribution in [2.75, 3.05) is 27.4 Å². The van der Waals surface area contributed by atoms with Gasteiger partial charge in [-0.1, -0.05) is 62.4 Å². The lowest BCUT2D eigenvalue weighted by Gasteiger charge is -2.32. The summed E-state index contributed by atoms with van der Waals surface area (Å²) in [5.41, 5.74) is 5.25. The third-order valence-corrected chi connectivity index (χ3v) is 10.3. The number of aromatic amines is 2. The number of benzene rings is 2. The van der Waals surface area contributed by atoms with Crippen LogP contribution in [-0.4, -0.2) is 92.9 Å². The van der Waals surface area contributed by atoms with Crippen molar-refractivity contribution in [1.29, 1.82) is 0 Å². The Balaban J connectivity index is 1.13. The highest BCUT2D eigenvalue weighted by atomic mass is 16.6. The molecular formula is C41H53N7O6. The summed E-state index contributed by atoms with van der Waals surface area (Å²) in [6.07, 6.45) is 5.01. The van der Waals surface area contributed by atoms with Crippen LogP contribution in [0.25, 0.3) is 33.6 Å². The minimum Gasteiger partial charge on any atom is -0.453 e. The van der Waals surface area contributed by atoms with Crippen LogP contribution in [0.4, 0.5) is 9.59 Å². The number of aromatic nitrogens is 4. The zero-order valence-electron chi connectivity index (χ0n) is 32.5. The maximum atomic E-state index is 13.7. The second-order valence-electron chi connectivity index (χ2n) is 15.8. The zero-order chi connectivity index (χ0) is 38.7. The number of nitrogens with one attached hydrogen (secondary N) is 3. The van der Waals surface area contributed by atoms with Gasteiger partial charge in [-0.3, -0.25) is 9.69 Å². The number of hydrogen-bond acceptors (Lipinski definition) is 8. The van der Waals surface area contributed by atoms with E-state index >= 15 is 0 Å². The van der Waals surface area contributed by atoms with Gasteiger partial charge >= 0.3 is 12.2 Å². The van der Waals surface area contributed by atoms with Gasteiger partial charge in [-0.2, -0.15) is 0 Å². The van der Waals surface area contributed by atoms with Crippen molar-refractivity contribution in [2.24, 2.45) is 11.8 Å². The molecule has 2 aromatic carbocycles. The molecule has 2 fully saturated rings. The second-order valence-corrected chi connectivity index (χ2v) is 15.8. The van der Waals surface area contributed by atoms with Gasteiger partial charge in [0.2, 0.25) is 5.91 Å². The van der Waals surface area contributed by atoms with Gasteiger partial charge in [-0.25, -0.2) is 19.6 Å². The van der Waals surface area contributed by atoms with Crippen molar-refractivity contribution in [1.82, 2.24) is 35.1 Å². The number of H-pyrrole nitrogens is 2. The Labute approximate surface area is 317 Å². The lowest BCUT2D eigenvalue weighted by Crippen LogP contribution is -2.52. The predicted octanol–water partition coefficient (Wildman–Crippen LogP) is 7.51. The minimum atomic E-state index is -0.698. The molecule has 0 aliphatic carbocycles. The number of carbonyl (C=O) groups is 3. The number of hydrogen-bond donors (Lipinski definition) is 3. The molecule has 13 nitrogen and oxygen atoms in total. The Kier molecular flexibility index (Phi) is 11.5. The molecule has 2 aliphatic rings. The first kappa shape index (κ1) is 38.6. The maximum absolute atomic E-state index is 13.7. The van der Waals surface area contributed by atoms with Crippen LogP contribution in [0.5, 0.6) is 0 Å². The smallest absolute Gasteiger partial charge is 0.410 e. The van der Waals surface area contributed by atoms with Crippen molar-refractivity contribution in [3.05, 3.63) is 72.6 Å². The highest BCUT2D eigenvalue weighted by Crippen LogP contribution is 2.38. The first-order valence-electron chi connectivity index (χ1n) is 18.7. The molecule has 2 aromatic heterocycles. The third kappa shape index (κ3) is 8.46. The number of rotatable bonds is 10. The summed E-state index contributed by atoms with van der Waals surface area (Å²) in [6, 6.07) is 15.5. The molecule has 0 radical (unpaired) electrons. The van der Waals surface area contributed by atoms with Crippen molar-refractivity contribution >= 4 is 18.1 Å². The Morgan fingerprint density at radius 2 is 1.39 bits per heavy atom. The third-order valence-electron chi connectivity index (χ3n) is 10.3. The Morgan fingerprint density at radius 1 is 0.852 bits per heavy atom. The molecule has 4 heterocycles. The van der Waals surface area contributed by atoms with E-state index in [1.807, 2.05) is 58.8 Å². The molecule has 0 saturated carbocycles. The lowest BCUT2D eigenvalue weighted by atomic mass is 10.0. The van der Waals surface area contributed by atoms with Crippen LogP contribution in [0.1, 0.15) is 84.5 Å². The SMILES string of the molecule is COC[C@H]1C[C@@H](c2ncc(-c3ccc(-c4ccc(-c5cnc([C@@H]6CC[C@H](C)N6C(=O)C(NC(=O)OC)C(C)C)[nH]5)cc4)cc3)[nH]2)N(C(=O)OC(C)(C)C)C1. The van der Waals surface area contributed by atoms with Gasteiger partial charge in [0.25, 0.3) is 0 Å². The van der Waals surface area contributed by atoms with Crippen LogP contribution < -0.4 is 5.32 Å². The van der Waals surface area contributed by atoms with Gasteiger partial charge in [-0.15, -0.1) is 0 Å². The number of nitrogens with zero attached hydrogens (tertiary/aromatic N) is 4. The van der Waals surface area contributed by atoms with Crippen LogP contribution in [0, 0.1) is 11.8 Å². The molecule has 2 aliphatic heterocycles. The highest BCUT2D eigenvalue weighted by Gasteiger charge is 2.42. The van der Waals surface area contributed by atoms with Gasteiger partial charge in [0.1, 0.15) is 23.3 Å². The molecule has 0 spiro atoms. The molecule has 1 unspecified atom stereocenters. The van der Waals surface area contributed by atoms with E-state index in [1.165, 1.54) is 7.11 Å². The average Bonchev–Trinajstić information content (AvgIpc) is 3.96. The largest absolute Gasteiger partial charge is 0.453 e. The number of likely N-dealkylation sites (tertiary alicyclic amines) is 2. The van der Waals surface area contributed by atoms with Crippen molar-refractivity contribution in [3.63, 3.8) is 0 Å². The number of imidazole rings is 2. The van der Waals surface area contributed by atoms with Gasteiger partial charge in [0.05, 0.1) is 49.6 Å². The molecule has 288 valence electrons. The number of alkyl carbamates (subject to hydrolysis) is 1. The minimum absolute atomic E-state index is 0.00778. The molecule has 54 heavy (non-hydrogen) atoms. The van der Waals surface area contributed by atoms with E-state index in [0.29, 0.717) is 13.2 Å².